The van der Waals surface area contributed by atoms with Gasteiger partial charge in [0, 0.05) is 11.1 Å². The van der Waals surface area contributed by atoms with Crippen molar-refractivity contribution in [2.24, 2.45) is 5.73 Å². The smallest absolute Gasteiger partial charge is 0.268 e. The molecule has 0 aliphatic heterocycles. The Hall–Kier alpha value is -3.16. The van der Waals surface area contributed by atoms with Gasteiger partial charge in [0.2, 0.25) is 0 Å². The lowest BCUT2D eigenvalue weighted by atomic mass is 10.1. The molecule has 0 radical (unpaired) electrons. The summed E-state index contributed by atoms with van der Waals surface area (Å²) in [6, 6.07) is 8.77. The Morgan fingerprint density at radius 3 is 2.53 bits per heavy atom. The standard InChI is InChI=1S/C21H26N4O5/c1-14(26)19(21(28)25-29)24-20(27)16-6-3-15(4-7-16)5-8-17-9-10-18(30-17)13-23-12-2-11-22/h3-4,6-7,9-10,14,19,23,26,29H,2,11-13,22H2,1H3,(H,24,27)(H,25,28)/t14-,19+/m1/s1. The molecular weight excluding hydrogens is 388 g/mol. The van der Waals surface area contributed by atoms with E-state index in [0.29, 0.717) is 24.4 Å². The summed E-state index contributed by atoms with van der Waals surface area (Å²) in [4.78, 5) is 23.8. The number of aliphatic hydroxyl groups is 1. The van der Waals surface area contributed by atoms with E-state index in [2.05, 4.69) is 22.5 Å². The first kappa shape index (κ1) is 23.1. The zero-order valence-electron chi connectivity index (χ0n) is 16.6. The highest BCUT2D eigenvalue weighted by Gasteiger charge is 2.25. The molecule has 0 aliphatic rings. The number of hydrogen-bond donors (Lipinski definition) is 6. The van der Waals surface area contributed by atoms with Gasteiger partial charge >= 0.3 is 0 Å². The van der Waals surface area contributed by atoms with Crippen molar-refractivity contribution in [1.82, 2.24) is 16.1 Å². The summed E-state index contributed by atoms with van der Waals surface area (Å²) in [6.07, 6.45) is -0.282. The molecule has 2 aromatic rings. The van der Waals surface area contributed by atoms with Gasteiger partial charge in [0.15, 0.2) is 5.76 Å². The molecular formula is C21H26N4O5. The molecule has 9 nitrogen and oxygen atoms in total. The van der Waals surface area contributed by atoms with E-state index in [1.807, 2.05) is 6.07 Å². The van der Waals surface area contributed by atoms with Crippen molar-refractivity contribution in [2.45, 2.75) is 32.0 Å². The minimum Gasteiger partial charge on any atom is -0.451 e. The number of carbonyl (C=O) groups excluding carboxylic acids is 2. The van der Waals surface area contributed by atoms with E-state index in [9.17, 15) is 14.7 Å². The molecule has 2 atom stereocenters. The molecule has 30 heavy (non-hydrogen) atoms. The molecule has 1 heterocycles. The number of furan rings is 1. The highest BCUT2D eigenvalue weighted by Crippen LogP contribution is 2.08. The van der Waals surface area contributed by atoms with Gasteiger partial charge < -0.3 is 25.9 Å². The maximum Gasteiger partial charge on any atom is 0.268 e. The fourth-order valence-corrected chi connectivity index (χ4v) is 2.52. The summed E-state index contributed by atoms with van der Waals surface area (Å²) in [7, 11) is 0. The highest BCUT2D eigenvalue weighted by atomic mass is 16.5. The predicted octanol–water partition coefficient (Wildman–Crippen LogP) is 0.102. The maximum atomic E-state index is 12.3. The second kappa shape index (κ2) is 11.7. The van der Waals surface area contributed by atoms with Crippen LogP contribution in [0.2, 0.25) is 0 Å². The third kappa shape index (κ3) is 7.02. The normalized spacial score (nSPS) is 12.4. The fourth-order valence-electron chi connectivity index (χ4n) is 2.52. The van der Waals surface area contributed by atoms with Gasteiger partial charge in [0.25, 0.3) is 11.8 Å². The van der Waals surface area contributed by atoms with E-state index in [-0.39, 0.29) is 5.56 Å². The van der Waals surface area contributed by atoms with Crippen LogP contribution in [-0.4, -0.2) is 47.4 Å². The van der Waals surface area contributed by atoms with Gasteiger partial charge in [-0.25, -0.2) is 5.48 Å². The molecule has 2 rings (SSSR count). The van der Waals surface area contributed by atoms with E-state index in [0.717, 1.165) is 18.7 Å². The Balaban J connectivity index is 1.96. The van der Waals surface area contributed by atoms with Crippen molar-refractivity contribution in [2.75, 3.05) is 13.1 Å². The summed E-state index contributed by atoms with van der Waals surface area (Å²) < 4.78 is 5.63. The lowest BCUT2D eigenvalue weighted by Gasteiger charge is -2.19. The zero-order chi connectivity index (χ0) is 21.9. The molecule has 0 saturated heterocycles. The first-order chi connectivity index (χ1) is 14.4. The number of carbonyl (C=O) groups is 2. The number of hydrogen-bond acceptors (Lipinski definition) is 7. The average Bonchev–Trinajstić information content (AvgIpc) is 3.20. The largest absolute Gasteiger partial charge is 0.451 e. The van der Waals surface area contributed by atoms with Crippen LogP contribution in [0.1, 0.15) is 40.8 Å². The molecule has 0 spiro atoms. The lowest BCUT2D eigenvalue weighted by molar-refractivity contribution is -0.133. The van der Waals surface area contributed by atoms with Gasteiger partial charge in [-0.15, -0.1) is 0 Å². The second-order valence-corrected chi connectivity index (χ2v) is 6.58. The Labute approximate surface area is 174 Å². The van der Waals surface area contributed by atoms with Crippen LogP contribution >= 0.6 is 0 Å². The van der Waals surface area contributed by atoms with E-state index in [1.54, 1.807) is 30.3 Å². The summed E-state index contributed by atoms with van der Waals surface area (Å²) in [5.74, 6) is 5.71. The van der Waals surface area contributed by atoms with Gasteiger partial charge in [-0.3, -0.25) is 14.8 Å². The molecule has 0 aliphatic carbocycles. The van der Waals surface area contributed by atoms with Crippen LogP contribution in [0.3, 0.4) is 0 Å². The topological polar surface area (TPSA) is 150 Å². The minimum atomic E-state index is -1.28. The number of aliphatic hydroxyl groups excluding tert-OH is 1. The number of hydroxylamine groups is 1. The summed E-state index contributed by atoms with van der Waals surface area (Å²) in [5.41, 5.74) is 7.81. The van der Waals surface area contributed by atoms with Crippen LogP contribution in [0.5, 0.6) is 0 Å². The van der Waals surface area contributed by atoms with Crippen LogP contribution in [0.4, 0.5) is 0 Å². The number of nitrogens with one attached hydrogen (secondary N) is 3. The van der Waals surface area contributed by atoms with Gasteiger partial charge in [-0.2, -0.15) is 0 Å². The van der Waals surface area contributed by atoms with Crippen molar-refractivity contribution in [3.63, 3.8) is 0 Å². The molecule has 7 N–H and O–H groups in total. The first-order valence-electron chi connectivity index (χ1n) is 9.49. The molecule has 160 valence electrons. The molecule has 1 aromatic carbocycles. The van der Waals surface area contributed by atoms with Crippen molar-refractivity contribution in [3.05, 3.63) is 59.0 Å². The van der Waals surface area contributed by atoms with E-state index >= 15 is 0 Å². The quantitative estimate of drug-likeness (QED) is 0.147. The van der Waals surface area contributed by atoms with Crippen LogP contribution in [0, 0.1) is 11.8 Å². The van der Waals surface area contributed by atoms with Gasteiger partial charge in [0.1, 0.15) is 11.8 Å². The third-order valence-corrected chi connectivity index (χ3v) is 4.16. The number of benzene rings is 1. The van der Waals surface area contributed by atoms with Crippen molar-refractivity contribution in [3.8, 4) is 11.8 Å². The van der Waals surface area contributed by atoms with Crippen LogP contribution < -0.4 is 21.8 Å². The van der Waals surface area contributed by atoms with Crippen LogP contribution in [0.15, 0.2) is 40.8 Å². The maximum absolute atomic E-state index is 12.3. The monoisotopic (exact) mass is 414 g/mol. The Bertz CT molecular complexity index is 896. The Morgan fingerprint density at radius 2 is 1.90 bits per heavy atom. The van der Waals surface area contributed by atoms with Crippen molar-refractivity contribution >= 4 is 11.8 Å². The SMILES string of the molecule is C[C@@H](O)[C@H](NC(=O)c1ccc(C#Cc2ccc(CNCCCN)o2)cc1)C(=O)NO. The van der Waals surface area contributed by atoms with Gasteiger partial charge in [-0.1, -0.05) is 5.92 Å². The summed E-state index contributed by atoms with van der Waals surface area (Å²) >= 11 is 0. The molecule has 0 unspecified atom stereocenters. The van der Waals surface area contributed by atoms with Crippen LogP contribution in [0.25, 0.3) is 0 Å². The number of rotatable bonds is 9. The van der Waals surface area contributed by atoms with Gasteiger partial charge in [-0.05, 0) is 68.8 Å². The lowest BCUT2D eigenvalue weighted by Crippen LogP contribution is -2.51. The zero-order valence-corrected chi connectivity index (χ0v) is 16.6. The first-order valence-corrected chi connectivity index (χ1v) is 9.49. The Morgan fingerprint density at radius 1 is 1.17 bits per heavy atom. The number of nitrogens with two attached hydrogens (primary N) is 1. The molecule has 1 aromatic heterocycles. The second-order valence-electron chi connectivity index (χ2n) is 6.58. The predicted molar refractivity (Wildman–Crippen MR) is 109 cm³/mol. The molecule has 0 fully saturated rings. The molecule has 2 amide bonds. The van der Waals surface area contributed by atoms with Crippen molar-refractivity contribution in [1.29, 1.82) is 0 Å². The fraction of sp³-hybridized carbons (Fsp3) is 0.333. The highest BCUT2D eigenvalue weighted by molar-refractivity contribution is 5.97. The van der Waals surface area contributed by atoms with E-state index in [1.165, 1.54) is 12.4 Å². The summed E-state index contributed by atoms with van der Waals surface area (Å²) in [6.45, 7) is 3.39. The summed E-state index contributed by atoms with van der Waals surface area (Å²) in [5, 5.41) is 23.9. The molecule has 9 heteroatoms. The van der Waals surface area contributed by atoms with Crippen molar-refractivity contribution < 1.29 is 24.3 Å². The van der Waals surface area contributed by atoms with E-state index in [4.69, 9.17) is 15.4 Å². The molecule has 0 saturated carbocycles. The van der Waals surface area contributed by atoms with E-state index < -0.39 is 24.0 Å². The molecule has 0 bridgehead atoms. The van der Waals surface area contributed by atoms with Crippen LogP contribution in [-0.2, 0) is 11.3 Å². The minimum absolute atomic E-state index is 0.278. The number of amides is 2. The van der Waals surface area contributed by atoms with Gasteiger partial charge in [0.05, 0.1) is 12.6 Å². The average molecular weight is 414 g/mol. The Kier molecular flexibility index (Phi) is 9.05. The third-order valence-electron chi connectivity index (χ3n) is 4.16.